The van der Waals surface area contributed by atoms with Gasteiger partial charge in [0.05, 0.1) is 3.79 Å². The zero-order chi connectivity index (χ0) is 19.0. The average molecular weight is 468 g/mol. The van der Waals surface area contributed by atoms with Crippen molar-refractivity contribution < 1.29 is 12.9 Å². The third-order valence-electron chi connectivity index (χ3n) is 4.70. The van der Waals surface area contributed by atoms with E-state index < -0.39 is 10.0 Å². The van der Waals surface area contributed by atoms with E-state index in [1.54, 1.807) is 16.4 Å². The van der Waals surface area contributed by atoms with Crippen LogP contribution in [0.4, 0.5) is 0 Å². The number of aromatic nitrogens is 2. The van der Waals surface area contributed by atoms with Crippen LogP contribution >= 0.6 is 27.3 Å². The van der Waals surface area contributed by atoms with Crippen molar-refractivity contribution in [3.8, 4) is 11.5 Å². The van der Waals surface area contributed by atoms with Crippen molar-refractivity contribution >= 4 is 37.3 Å². The molecule has 0 amide bonds. The van der Waals surface area contributed by atoms with E-state index in [-0.39, 0.29) is 5.92 Å². The fourth-order valence-corrected chi connectivity index (χ4v) is 6.77. The zero-order valence-corrected chi connectivity index (χ0v) is 17.8. The molecule has 0 atom stereocenters. The van der Waals surface area contributed by atoms with Crippen molar-refractivity contribution in [3.05, 3.63) is 51.6 Å². The maximum absolute atomic E-state index is 12.7. The normalized spacial score (nSPS) is 16.7. The van der Waals surface area contributed by atoms with Crippen LogP contribution in [-0.2, 0) is 10.0 Å². The molecule has 0 unspecified atom stereocenters. The molecule has 0 N–H and O–H groups in total. The minimum atomic E-state index is -3.43. The predicted octanol–water partition coefficient (Wildman–Crippen LogP) is 4.44. The van der Waals surface area contributed by atoms with Crippen molar-refractivity contribution in [2.24, 2.45) is 0 Å². The topological polar surface area (TPSA) is 76.3 Å². The second-order valence-electron chi connectivity index (χ2n) is 6.56. The summed E-state index contributed by atoms with van der Waals surface area (Å²) >= 11 is 4.56. The van der Waals surface area contributed by atoms with Gasteiger partial charge in [-0.15, -0.1) is 11.3 Å². The summed E-state index contributed by atoms with van der Waals surface area (Å²) in [6, 6.07) is 11.3. The first-order chi connectivity index (χ1) is 12.9. The second kappa shape index (κ2) is 7.46. The van der Waals surface area contributed by atoms with E-state index in [0.29, 0.717) is 41.9 Å². The Kier molecular flexibility index (Phi) is 5.19. The fraction of sp³-hybridized carbons (Fsp3) is 0.333. The predicted molar refractivity (Wildman–Crippen MR) is 107 cm³/mol. The maximum Gasteiger partial charge on any atom is 0.257 e. The summed E-state index contributed by atoms with van der Waals surface area (Å²) in [5, 5.41) is 4.13. The summed E-state index contributed by atoms with van der Waals surface area (Å²) in [5.74, 6) is 1.26. The number of benzene rings is 1. The minimum absolute atomic E-state index is 0.106. The Morgan fingerprint density at radius 1 is 1.15 bits per heavy atom. The minimum Gasteiger partial charge on any atom is -0.334 e. The van der Waals surface area contributed by atoms with Crippen molar-refractivity contribution in [3.63, 3.8) is 0 Å². The summed E-state index contributed by atoms with van der Waals surface area (Å²) in [7, 11) is -3.43. The number of halogens is 1. The van der Waals surface area contributed by atoms with Gasteiger partial charge in [0.1, 0.15) is 4.21 Å². The third kappa shape index (κ3) is 3.87. The molecule has 9 heteroatoms. The molecule has 0 radical (unpaired) electrons. The van der Waals surface area contributed by atoms with Gasteiger partial charge in [-0.25, -0.2) is 8.42 Å². The molecule has 1 aromatic carbocycles. The lowest BCUT2D eigenvalue weighted by molar-refractivity contribution is 0.307. The van der Waals surface area contributed by atoms with Crippen molar-refractivity contribution in [1.82, 2.24) is 14.4 Å². The standard InChI is InChI=1S/C18H18BrN3O3S2/c1-12-2-4-14(5-3-12)18-20-17(21-25-18)13-8-10-22(11-9-13)27(23,24)16-7-6-15(19)26-16/h2-7,13H,8-11H2,1H3. The highest BCUT2D eigenvalue weighted by molar-refractivity contribution is 9.11. The molecule has 0 saturated carbocycles. The summed E-state index contributed by atoms with van der Waals surface area (Å²) in [5.41, 5.74) is 2.06. The largest absolute Gasteiger partial charge is 0.334 e. The lowest BCUT2D eigenvalue weighted by Crippen LogP contribution is -2.37. The average Bonchev–Trinajstić information content (AvgIpc) is 3.32. The molecule has 6 nitrogen and oxygen atoms in total. The molecule has 4 rings (SSSR count). The van der Waals surface area contributed by atoms with Gasteiger partial charge in [0, 0.05) is 24.6 Å². The molecule has 0 bridgehead atoms. The Bertz CT molecular complexity index is 1040. The molecule has 0 aliphatic carbocycles. The van der Waals surface area contributed by atoms with Crippen LogP contribution in [0.5, 0.6) is 0 Å². The highest BCUT2D eigenvalue weighted by atomic mass is 79.9. The highest BCUT2D eigenvalue weighted by Crippen LogP contribution is 2.33. The van der Waals surface area contributed by atoms with Gasteiger partial charge in [0.15, 0.2) is 5.82 Å². The van der Waals surface area contributed by atoms with Crippen LogP contribution in [0.25, 0.3) is 11.5 Å². The van der Waals surface area contributed by atoms with Gasteiger partial charge in [-0.3, -0.25) is 0 Å². The van der Waals surface area contributed by atoms with Crippen LogP contribution in [0, 0.1) is 6.92 Å². The quantitative estimate of drug-likeness (QED) is 0.566. The molecule has 1 saturated heterocycles. The highest BCUT2D eigenvalue weighted by Gasteiger charge is 2.32. The Morgan fingerprint density at radius 3 is 2.48 bits per heavy atom. The molecule has 0 spiro atoms. The van der Waals surface area contributed by atoms with Crippen molar-refractivity contribution in [2.75, 3.05) is 13.1 Å². The summed E-state index contributed by atoms with van der Waals surface area (Å²) in [4.78, 5) is 4.53. The van der Waals surface area contributed by atoms with Crippen molar-refractivity contribution in [1.29, 1.82) is 0 Å². The monoisotopic (exact) mass is 467 g/mol. The van der Waals surface area contributed by atoms with Crippen LogP contribution < -0.4 is 0 Å². The van der Waals surface area contributed by atoms with Gasteiger partial charge < -0.3 is 4.52 Å². The van der Waals surface area contributed by atoms with E-state index in [1.165, 1.54) is 16.9 Å². The van der Waals surface area contributed by atoms with Crippen LogP contribution in [0.2, 0.25) is 0 Å². The molecule has 3 heterocycles. The third-order valence-corrected chi connectivity index (χ3v) is 8.69. The van der Waals surface area contributed by atoms with Crippen LogP contribution in [0.1, 0.15) is 30.1 Å². The summed E-state index contributed by atoms with van der Waals surface area (Å²) in [6.07, 6.45) is 1.36. The Hall–Kier alpha value is -1.55. The van der Waals surface area contributed by atoms with Crippen LogP contribution in [0.3, 0.4) is 0 Å². The fourth-order valence-electron chi connectivity index (χ4n) is 3.13. The molecule has 2 aromatic heterocycles. The SMILES string of the molecule is Cc1ccc(-c2nc(C3CCN(S(=O)(=O)c4ccc(Br)s4)CC3)no2)cc1. The summed E-state index contributed by atoms with van der Waals surface area (Å²) in [6.45, 7) is 2.94. The first-order valence-corrected chi connectivity index (χ1v) is 11.6. The second-order valence-corrected chi connectivity index (χ2v) is 11.2. The van der Waals surface area contributed by atoms with Crippen molar-refractivity contribution in [2.45, 2.75) is 29.9 Å². The van der Waals surface area contributed by atoms with Crippen LogP contribution in [-0.4, -0.2) is 36.0 Å². The van der Waals surface area contributed by atoms with Crippen LogP contribution in [0.15, 0.2) is 48.9 Å². The van der Waals surface area contributed by atoms with Gasteiger partial charge in [0.2, 0.25) is 0 Å². The molecule has 142 valence electrons. The lowest BCUT2D eigenvalue weighted by Gasteiger charge is -2.29. The molecular weight excluding hydrogens is 450 g/mol. The number of thiophene rings is 1. The van der Waals surface area contributed by atoms with E-state index in [0.717, 1.165) is 9.35 Å². The number of hydrogen-bond donors (Lipinski definition) is 0. The van der Waals surface area contributed by atoms with Gasteiger partial charge >= 0.3 is 0 Å². The smallest absolute Gasteiger partial charge is 0.257 e. The van der Waals surface area contributed by atoms with Gasteiger partial charge in [-0.1, -0.05) is 22.9 Å². The van der Waals surface area contributed by atoms with E-state index in [4.69, 9.17) is 4.52 Å². The zero-order valence-electron chi connectivity index (χ0n) is 14.6. The molecule has 1 aliphatic rings. The van der Waals surface area contributed by atoms with Gasteiger partial charge in [-0.05, 0) is 60.0 Å². The lowest BCUT2D eigenvalue weighted by atomic mass is 9.97. The number of hydrogen-bond acceptors (Lipinski definition) is 6. The van der Waals surface area contributed by atoms with Gasteiger partial charge in [0.25, 0.3) is 15.9 Å². The Balaban J connectivity index is 1.44. The number of piperidine rings is 1. The number of nitrogens with zero attached hydrogens (tertiary/aromatic N) is 3. The Morgan fingerprint density at radius 2 is 1.85 bits per heavy atom. The van der Waals surface area contributed by atoms with E-state index in [9.17, 15) is 8.42 Å². The molecule has 3 aromatic rings. The number of rotatable bonds is 4. The molecule has 1 aliphatic heterocycles. The van der Waals surface area contributed by atoms with Gasteiger partial charge in [-0.2, -0.15) is 9.29 Å². The summed E-state index contributed by atoms with van der Waals surface area (Å²) < 4.78 is 33.6. The maximum atomic E-state index is 12.7. The first kappa shape index (κ1) is 18.8. The number of aryl methyl sites for hydroxylation is 1. The molecule has 27 heavy (non-hydrogen) atoms. The first-order valence-electron chi connectivity index (χ1n) is 8.59. The number of sulfonamides is 1. The molecular formula is C18H18BrN3O3S2. The molecule has 1 fully saturated rings. The van der Waals surface area contributed by atoms with E-state index >= 15 is 0 Å². The van der Waals surface area contributed by atoms with E-state index in [1.807, 2.05) is 31.2 Å². The Labute approximate surface area is 170 Å². The van der Waals surface area contributed by atoms with E-state index in [2.05, 4.69) is 26.1 Å².